The molecule has 0 unspecified atom stereocenters. The molecule has 0 radical (unpaired) electrons. The average Bonchev–Trinajstić information content (AvgIpc) is 2.40. The van der Waals surface area contributed by atoms with Gasteiger partial charge < -0.3 is 4.74 Å². The van der Waals surface area contributed by atoms with Gasteiger partial charge in [0.25, 0.3) is 0 Å². The molecule has 2 aromatic rings. The van der Waals surface area contributed by atoms with Gasteiger partial charge in [-0.1, -0.05) is 11.6 Å². The number of rotatable bonds is 4. The quantitative estimate of drug-likeness (QED) is 0.791. The van der Waals surface area contributed by atoms with Gasteiger partial charge in [-0.15, -0.1) is 0 Å². The van der Waals surface area contributed by atoms with E-state index in [4.69, 9.17) is 16.3 Å². The first-order valence-electron chi connectivity index (χ1n) is 5.92. The van der Waals surface area contributed by atoms with Crippen LogP contribution in [0.25, 0.3) is 0 Å². The van der Waals surface area contributed by atoms with Crippen molar-refractivity contribution in [2.75, 3.05) is 7.11 Å². The normalized spacial score (nSPS) is 10.5. The van der Waals surface area contributed by atoms with Gasteiger partial charge in [0.1, 0.15) is 23.2 Å². The number of Topliss-reactive ketones (excluding diaryl/α,β-unsaturated/α-hetero) is 1. The molecule has 0 saturated carbocycles. The summed E-state index contributed by atoms with van der Waals surface area (Å²) in [6.07, 6.45) is -0.324. The number of halogens is 4. The van der Waals surface area contributed by atoms with Crippen LogP contribution in [0.5, 0.6) is 5.75 Å². The molecule has 0 heterocycles. The van der Waals surface area contributed by atoms with E-state index in [2.05, 4.69) is 0 Å². The van der Waals surface area contributed by atoms with E-state index in [1.807, 2.05) is 0 Å². The zero-order valence-corrected chi connectivity index (χ0v) is 11.7. The summed E-state index contributed by atoms with van der Waals surface area (Å²) >= 11 is 5.93. The van der Waals surface area contributed by atoms with Gasteiger partial charge >= 0.3 is 0 Å². The minimum absolute atomic E-state index is 0.270. The van der Waals surface area contributed by atoms with Gasteiger partial charge in [-0.25, -0.2) is 13.2 Å². The first kappa shape index (κ1) is 15.4. The standard InChI is InChI=1S/C15H10ClF3O2/c1-21-10-2-3-11(16)8(4-10)5-14(20)15-12(18)6-9(17)7-13(15)19/h2-4,6-7H,5H2,1H3. The lowest BCUT2D eigenvalue weighted by molar-refractivity contribution is 0.0984. The number of carbonyl (C=O) groups excluding carboxylic acids is 1. The van der Waals surface area contributed by atoms with Crippen molar-refractivity contribution >= 4 is 17.4 Å². The molecule has 0 atom stereocenters. The summed E-state index contributed by atoms with van der Waals surface area (Å²) in [5.41, 5.74) is -0.417. The maximum atomic E-state index is 13.6. The topological polar surface area (TPSA) is 26.3 Å². The highest BCUT2D eigenvalue weighted by atomic mass is 35.5. The molecule has 110 valence electrons. The summed E-state index contributed by atoms with van der Waals surface area (Å²) in [7, 11) is 1.44. The van der Waals surface area contributed by atoms with Gasteiger partial charge in [-0.3, -0.25) is 4.79 Å². The Labute approximate surface area is 124 Å². The maximum Gasteiger partial charge on any atom is 0.173 e. The van der Waals surface area contributed by atoms with Crippen molar-refractivity contribution in [1.29, 1.82) is 0 Å². The van der Waals surface area contributed by atoms with Crippen molar-refractivity contribution < 1.29 is 22.7 Å². The summed E-state index contributed by atoms with van der Waals surface area (Å²) in [6.45, 7) is 0. The number of hydrogen-bond donors (Lipinski definition) is 0. The average molecular weight is 315 g/mol. The number of ketones is 1. The third kappa shape index (κ3) is 3.36. The Bertz CT molecular complexity index is 678. The summed E-state index contributed by atoms with van der Waals surface area (Å²) in [5.74, 6) is -3.93. The number of benzene rings is 2. The van der Waals surface area contributed by atoms with E-state index in [0.717, 1.165) is 0 Å². The third-order valence-electron chi connectivity index (χ3n) is 2.89. The lowest BCUT2D eigenvalue weighted by Crippen LogP contribution is -2.10. The van der Waals surface area contributed by atoms with Crippen LogP contribution in [0.4, 0.5) is 13.2 Å². The van der Waals surface area contributed by atoms with Crippen LogP contribution < -0.4 is 4.74 Å². The van der Waals surface area contributed by atoms with Crippen LogP contribution in [0.2, 0.25) is 5.02 Å². The number of carbonyl (C=O) groups is 1. The summed E-state index contributed by atoms with van der Waals surface area (Å²) < 4.78 is 44.9. The maximum absolute atomic E-state index is 13.6. The Morgan fingerprint density at radius 1 is 1.14 bits per heavy atom. The molecule has 0 aliphatic rings. The number of methoxy groups -OCH3 is 1. The van der Waals surface area contributed by atoms with Crippen molar-refractivity contribution in [3.63, 3.8) is 0 Å². The zero-order valence-electron chi connectivity index (χ0n) is 10.9. The SMILES string of the molecule is COc1ccc(Cl)c(CC(=O)c2c(F)cc(F)cc2F)c1. The lowest BCUT2D eigenvalue weighted by atomic mass is 10.0. The molecule has 0 saturated heterocycles. The Morgan fingerprint density at radius 2 is 1.76 bits per heavy atom. The fourth-order valence-electron chi connectivity index (χ4n) is 1.88. The Hall–Kier alpha value is -2.01. The molecule has 0 aliphatic heterocycles. The van der Waals surface area contributed by atoms with E-state index >= 15 is 0 Å². The molecular weight excluding hydrogens is 305 g/mol. The highest BCUT2D eigenvalue weighted by molar-refractivity contribution is 6.31. The molecule has 2 rings (SSSR count). The van der Waals surface area contributed by atoms with E-state index in [-0.39, 0.29) is 11.4 Å². The fraction of sp³-hybridized carbons (Fsp3) is 0.133. The second-order valence-corrected chi connectivity index (χ2v) is 4.71. The first-order chi connectivity index (χ1) is 9.92. The van der Waals surface area contributed by atoms with Gasteiger partial charge in [0.2, 0.25) is 0 Å². The van der Waals surface area contributed by atoms with Gasteiger partial charge in [-0.2, -0.15) is 0 Å². The Morgan fingerprint density at radius 3 is 2.33 bits per heavy atom. The highest BCUT2D eigenvalue weighted by Gasteiger charge is 2.20. The highest BCUT2D eigenvalue weighted by Crippen LogP contribution is 2.24. The van der Waals surface area contributed by atoms with Gasteiger partial charge in [0, 0.05) is 23.6 Å². The van der Waals surface area contributed by atoms with Crippen LogP contribution in [0, 0.1) is 17.5 Å². The van der Waals surface area contributed by atoms with Crippen molar-refractivity contribution in [3.8, 4) is 5.75 Å². The first-order valence-corrected chi connectivity index (χ1v) is 6.30. The molecule has 21 heavy (non-hydrogen) atoms. The molecule has 0 fully saturated rings. The van der Waals surface area contributed by atoms with Gasteiger partial charge in [0.15, 0.2) is 5.78 Å². The van der Waals surface area contributed by atoms with Crippen LogP contribution in [-0.2, 0) is 6.42 Å². The summed E-state index contributed by atoms with van der Waals surface area (Å²) in [6, 6.07) is 5.53. The molecular formula is C15H10ClF3O2. The molecule has 0 aliphatic carbocycles. The van der Waals surface area contributed by atoms with Crippen LogP contribution in [-0.4, -0.2) is 12.9 Å². The molecule has 0 bridgehead atoms. The predicted octanol–water partition coefficient (Wildman–Crippen LogP) is 4.19. The van der Waals surface area contributed by atoms with Crippen molar-refractivity contribution in [1.82, 2.24) is 0 Å². The molecule has 2 aromatic carbocycles. The summed E-state index contributed by atoms with van der Waals surface area (Å²) in [4.78, 5) is 12.0. The van der Waals surface area contributed by atoms with Crippen LogP contribution in [0.1, 0.15) is 15.9 Å². The molecule has 2 nitrogen and oxygen atoms in total. The van der Waals surface area contributed by atoms with E-state index in [1.165, 1.54) is 19.2 Å². The monoisotopic (exact) mass is 314 g/mol. The smallest absolute Gasteiger partial charge is 0.173 e. The van der Waals surface area contributed by atoms with E-state index < -0.39 is 28.8 Å². The summed E-state index contributed by atoms with van der Waals surface area (Å²) in [5, 5.41) is 0.270. The van der Waals surface area contributed by atoms with Gasteiger partial charge in [-0.05, 0) is 23.8 Å². The van der Waals surface area contributed by atoms with Crippen LogP contribution in [0.15, 0.2) is 30.3 Å². The third-order valence-corrected chi connectivity index (χ3v) is 3.26. The van der Waals surface area contributed by atoms with Gasteiger partial charge in [0.05, 0.1) is 12.7 Å². The van der Waals surface area contributed by atoms with Crippen LogP contribution >= 0.6 is 11.6 Å². The lowest BCUT2D eigenvalue weighted by Gasteiger charge is -2.08. The van der Waals surface area contributed by atoms with Crippen LogP contribution in [0.3, 0.4) is 0 Å². The molecule has 6 heteroatoms. The molecule has 0 amide bonds. The molecule has 0 aromatic heterocycles. The Balaban J connectivity index is 2.35. The zero-order chi connectivity index (χ0) is 15.6. The van der Waals surface area contributed by atoms with Crippen molar-refractivity contribution in [2.24, 2.45) is 0 Å². The molecule has 0 spiro atoms. The van der Waals surface area contributed by atoms with E-state index in [1.54, 1.807) is 6.07 Å². The second-order valence-electron chi connectivity index (χ2n) is 4.30. The fourth-order valence-corrected chi connectivity index (χ4v) is 2.07. The van der Waals surface area contributed by atoms with E-state index in [9.17, 15) is 18.0 Å². The minimum Gasteiger partial charge on any atom is -0.497 e. The minimum atomic E-state index is -1.24. The number of hydrogen-bond acceptors (Lipinski definition) is 2. The predicted molar refractivity (Wildman–Crippen MR) is 72.4 cm³/mol. The largest absolute Gasteiger partial charge is 0.497 e. The Kier molecular flexibility index (Phi) is 4.53. The second kappa shape index (κ2) is 6.18. The van der Waals surface area contributed by atoms with Crippen molar-refractivity contribution in [2.45, 2.75) is 6.42 Å². The van der Waals surface area contributed by atoms with Crippen molar-refractivity contribution in [3.05, 3.63) is 63.9 Å². The van der Waals surface area contributed by atoms with E-state index in [0.29, 0.717) is 23.4 Å². The molecule has 0 N–H and O–H groups in total. The number of ether oxygens (including phenoxy) is 1.